The van der Waals surface area contributed by atoms with Gasteiger partial charge in [-0.3, -0.25) is 10.2 Å². The lowest BCUT2D eigenvalue weighted by atomic mass is 10.0. The van der Waals surface area contributed by atoms with Gasteiger partial charge in [-0.25, -0.2) is 9.97 Å². The maximum absolute atomic E-state index is 12.6. The second-order valence-corrected chi connectivity index (χ2v) is 9.44. The molecule has 1 atom stereocenters. The Morgan fingerprint density at radius 1 is 1.25 bits per heavy atom. The van der Waals surface area contributed by atoms with Crippen LogP contribution in [0.25, 0.3) is 0 Å². The lowest BCUT2D eigenvalue weighted by molar-refractivity contribution is -0.127. The third-order valence-corrected chi connectivity index (χ3v) is 6.16. The zero-order valence-corrected chi connectivity index (χ0v) is 20.9. The number of hydrogen-bond donors (Lipinski definition) is 3. The minimum Gasteiger partial charge on any atom is -0.458 e. The van der Waals surface area contributed by atoms with Crippen LogP contribution in [-0.4, -0.2) is 45.6 Å². The largest absolute Gasteiger partial charge is 0.458 e. The molecule has 1 unspecified atom stereocenters. The highest BCUT2D eigenvalue weighted by molar-refractivity contribution is 6.16. The maximum atomic E-state index is 12.6. The van der Waals surface area contributed by atoms with Crippen LogP contribution in [0.2, 0.25) is 0 Å². The van der Waals surface area contributed by atoms with Gasteiger partial charge in [-0.2, -0.15) is 0 Å². The number of benzene rings is 1. The van der Waals surface area contributed by atoms with Gasteiger partial charge in [0.1, 0.15) is 29.5 Å². The van der Waals surface area contributed by atoms with Crippen LogP contribution in [0.4, 0.5) is 11.6 Å². The first-order chi connectivity index (χ1) is 17.4. The predicted molar refractivity (Wildman–Crippen MR) is 143 cm³/mol. The monoisotopic (exact) mass is 486 g/mol. The second kappa shape index (κ2) is 11.7. The number of piperidine rings is 1. The smallest absolute Gasteiger partial charge is 0.246 e. The van der Waals surface area contributed by atoms with E-state index in [0.29, 0.717) is 35.2 Å². The van der Waals surface area contributed by atoms with Crippen molar-refractivity contribution < 1.29 is 9.53 Å². The van der Waals surface area contributed by atoms with Crippen molar-refractivity contribution in [2.45, 2.75) is 45.6 Å². The molecule has 0 radical (unpaired) electrons. The summed E-state index contributed by atoms with van der Waals surface area (Å²) in [6.45, 7) is 5.39. The summed E-state index contributed by atoms with van der Waals surface area (Å²) in [5, 5.41) is 12.3. The van der Waals surface area contributed by atoms with Crippen LogP contribution in [-0.2, 0) is 4.79 Å². The molecular formula is C28H34N6O2. The Balaban J connectivity index is 1.47. The number of anilines is 2. The molecule has 0 spiro atoms. The van der Waals surface area contributed by atoms with Crippen LogP contribution in [0.15, 0.2) is 66.7 Å². The molecular weight excluding hydrogens is 452 g/mol. The molecule has 1 fully saturated rings. The molecule has 2 heterocycles. The van der Waals surface area contributed by atoms with Crippen LogP contribution in [0.1, 0.15) is 50.7 Å². The van der Waals surface area contributed by atoms with Crippen molar-refractivity contribution in [1.82, 2.24) is 14.9 Å². The highest BCUT2D eigenvalue weighted by Crippen LogP contribution is 2.26. The van der Waals surface area contributed by atoms with Gasteiger partial charge < -0.3 is 20.7 Å². The van der Waals surface area contributed by atoms with Crippen molar-refractivity contribution in [2.75, 3.05) is 24.1 Å². The van der Waals surface area contributed by atoms with E-state index in [1.54, 1.807) is 6.08 Å². The molecule has 1 saturated heterocycles. The highest BCUT2D eigenvalue weighted by Gasteiger charge is 2.25. The van der Waals surface area contributed by atoms with Crippen molar-refractivity contribution in [3.63, 3.8) is 0 Å². The molecule has 1 aromatic carbocycles. The second-order valence-electron chi connectivity index (χ2n) is 9.44. The number of nitrogens with zero attached hydrogens (tertiary/aromatic N) is 3. The molecule has 188 valence electrons. The number of likely N-dealkylation sites (tertiary alicyclic amines) is 1. The average molecular weight is 487 g/mol. The Morgan fingerprint density at radius 2 is 2.06 bits per heavy atom. The van der Waals surface area contributed by atoms with Crippen LogP contribution in [0.5, 0.6) is 5.75 Å². The molecule has 2 aromatic rings. The normalized spacial score (nSPS) is 17.8. The molecule has 0 saturated carbocycles. The van der Waals surface area contributed by atoms with E-state index in [0.717, 1.165) is 38.0 Å². The molecule has 1 amide bonds. The first-order valence-electron chi connectivity index (χ1n) is 12.5. The van der Waals surface area contributed by atoms with Crippen molar-refractivity contribution in [3.8, 4) is 5.75 Å². The first kappa shape index (κ1) is 25.2. The molecule has 1 aliphatic carbocycles. The molecule has 1 aliphatic heterocycles. The number of hydrogen-bond acceptors (Lipinski definition) is 7. The Hall–Kier alpha value is -3.94. The summed E-state index contributed by atoms with van der Waals surface area (Å²) in [4.78, 5) is 23.0. The molecule has 8 nitrogen and oxygen atoms in total. The molecule has 2 aliphatic rings. The Labute approximate surface area is 212 Å². The molecule has 4 N–H and O–H groups in total. The number of allylic oxidation sites excluding steroid dienone is 4. The number of ether oxygens (including phenoxy) is 1. The van der Waals surface area contributed by atoms with Gasteiger partial charge in [-0.05, 0) is 74.1 Å². The van der Waals surface area contributed by atoms with E-state index < -0.39 is 0 Å². The van der Waals surface area contributed by atoms with Crippen molar-refractivity contribution in [3.05, 3.63) is 77.9 Å². The van der Waals surface area contributed by atoms with E-state index in [2.05, 4.69) is 27.4 Å². The molecule has 1 aromatic heterocycles. The lowest BCUT2D eigenvalue weighted by Crippen LogP contribution is -2.44. The van der Waals surface area contributed by atoms with E-state index >= 15 is 0 Å². The van der Waals surface area contributed by atoms with Crippen molar-refractivity contribution in [1.29, 1.82) is 5.41 Å². The summed E-state index contributed by atoms with van der Waals surface area (Å²) < 4.78 is 5.91. The van der Waals surface area contributed by atoms with Gasteiger partial charge >= 0.3 is 0 Å². The Bertz CT molecular complexity index is 1180. The van der Waals surface area contributed by atoms with Crippen LogP contribution < -0.4 is 15.8 Å². The van der Waals surface area contributed by atoms with Gasteiger partial charge in [0.25, 0.3) is 0 Å². The van der Waals surface area contributed by atoms with E-state index in [9.17, 15) is 4.79 Å². The van der Waals surface area contributed by atoms with Crippen LogP contribution in [0, 0.1) is 11.3 Å². The minimum atomic E-state index is 0.00333. The van der Waals surface area contributed by atoms with Gasteiger partial charge in [0.05, 0.1) is 11.3 Å². The molecule has 4 rings (SSSR count). The van der Waals surface area contributed by atoms with E-state index in [1.165, 1.54) is 6.33 Å². The fourth-order valence-electron chi connectivity index (χ4n) is 4.26. The first-order valence-corrected chi connectivity index (χ1v) is 12.5. The van der Waals surface area contributed by atoms with E-state index in [1.807, 2.05) is 55.2 Å². The number of amides is 1. The van der Waals surface area contributed by atoms with E-state index in [-0.39, 0.29) is 23.5 Å². The topological polar surface area (TPSA) is 117 Å². The van der Waals surface area contributed by atoms with Gasteiger partial charge in [0.2, 0.25) is 5.91 Å². The number of carbonyl (C=O) groups excluding carboxylic acids is 1. The summed E-state index contributed by atoms with van der Waals surface area (Å²) in [6, 6.07) is 7.36. The zero-order valence-electron chi connectivity index (χ0n) is 20.9. The zero-order chi connectivity index (χ0) is 25.5. The highest BCUT2D eigenvalue weighted by atomic mass is 16.5. The van der Waals surface area contributed by atoms with Gasteiger partial charge in [0.15, 0.2) is 0 Å². The minimum absolute atomic E-state index is 0.00333. The molecule has 0 bridgehead atoms. The SMILES string of the molecule is CC(C)/C=C/C(=O)N1CCCC(Nc2ncnc(N)c2C(=N)c2ccc(OC3=CCCC=C3)cc2)C1. The summed E-state index contributed by atoms with van der Waals surface area (Å²) in [6.07, 6.45) is 14.9. The summed E-state index contributed by atoms with van der Waals surface area (Å²) in [7, 11) is 0. The third-order valence-electron chi connectivity index (χ3n) is 6.16. The van der Waals surface area contributed by atoms with Gasteiger partial charge in [-0.1, -0.05) is 26.0 Å². The summed E-state index contributed by atoms with van der Waals surface area (Å²) >= 11 is 0. The third kappa shape index (κ3) is 6.38. The van der Waals surface area contributed by atoms with Crippen LogP contribution >= 0.6 is 0 Å². The number of carbonyl (C=O) groups is 1. The summed E-state index contributed by atoms with van der Waals surface area (Å²) in [5.41, 5.74) is 7.57. The molecule has 36 heavy (non-hydrogen) atoms. The van der Waals surface area contributed by atoms with Crippen LogP contribution in [0.3, 0.4) is 0 Å². The fourth-order valence-corrected chi connectivity index (χ4v) is 4.26. The number of nitrogens with two attached hydrogens (primary N) is 1. The van der Waals surface area contributed by atoms with E-state index in [4.69, 9.17) is 15.9 Å². The predicted octanol–water partition coefficient (Wildman–Crippen LogP) is 4.70. The van der Waals surface area contributed by atoms with Crippen molar-refractivity contribution in [2.24, 2.45) is 5.92 Å². The summed E-state index contributed by atoms with van der Waals surface area (Å²) in [5.74, 6) is 2.62. The fraction of sp³-hybridized carbons (Fsp3) is 0.357. The molecule has 8 heteroatoms. The number of nitrogen functional groups attached to an aromatic ring is 1. The number of aromatic nitrogens is 2. The number of nitrogens with one attached hydrogen (secondary N) is 2. The Kier molecular flexibility index (Phi) is 8.15. The van der Waals surface area contributed by atoms with Gasteiger partial charge in [0, 0.05) is 24.7 Å². The standard InChI is InChI=1S/C28H34N6O2/c1-19(2)10-15-24(35)34-16-6-7-21(17-34)33-28-25(27(30)31-18-32-28)26(29)20-11-13-23(14-12-20)36-22-8-4-3-5-9-22/h4,8-15,18-19,21,29H,3,5-7,16-17H2,1-2H3,(H3,30,31,32,33)/b15-10+,29-26?. The Morgan fingerprint density at radius 3 is 2.78 bits per heavy atom. The maximum Gasteiger partial charge on any atom is 0.246 e. The average Bonchev–Trinajstić information content (AvgIpc) is 2.88. The van der Waals surface area contributed by atoms with Crippen molar-refractivity contribution >= 4 is 23.3 Å². The number of rotatable bonds is 8. The quantitative estimate of drug-likeness (QED) is 0.368. The lowest BCUT2D eigenvalue weighted by Gasteiger charge is -2.33. The van der Waals surface area contributed by atoms with Gasteiger partial charge in [-0.15, -0.1) is 0 Å².